The summed E-state index contributed by atoms with van der Waals surface area (Å²) in [6, 6.07) is 7.51. The highest BCUT2D eigenvalue weighted by Gasteiger charge is 2.12. The second kappa shape index (κ2) is 6.34. The van der Waals surface area contributed by atoms with Gasteiger partial charge in [0.25, 0.3) is 0 Å². The van der Waals surface area contributed by atoms with Crippen LogP contribution in [0, 0.1) is 6.92 Å². The summed E-state index contributed by atoms with van der Waals surface area (Å²) in [6.45, 7) is 1.90. The van der Waals surface area contributed by atoms with Crippen molar-refractivity contribution >= 4 is 28.3 Å². The second-order valence-electron chi connectivity index (χ2n) is 4.14. The van der Waals surface area contributed by atoms with Crippen molar-refractivity contribution in [1.82, 2.24) is 4.98 Å². The van der Waals surface area contributed by atoms with E-state index in [1.165, 1.54) is 11.3 Å². The minimum Gasteiger partial charge on any atom is -0.497 e. The number of aromatic nitrogens is 1. The van der Waals surface area contributed by atoms with E-state index in [0.29, 0.717) is 5.69 Å². The van der Waals surface area contributed by atoms with Gasteiger partial charge in [-0.05, 0) is 30.7 Å². The van der Waals surface area contributed by atoms with Crippen LogP contribution in [0.4, 0.5) is 5.13 Å². The molecule has 0 bridgehead atoms. The third kappa shape index (κ3) is 3.24. The van der Waals surface area contributed by atoms with Crippen molar-refractivity contribution < 1.29 is 9.53 Å². The molecular weight excluding hydrogens is 272 g/mol. The maximum Gasteiger partial charge on any atom is 0.205 e. The number of thiazole rings is 1. The Morgan fingerprint density at radius 2 is 2.05 bits per heavy atom. The predicted molar refractivity (Wildman–Crippen MR) is 82.8 cm³/mol. The van der Waals surface area contributed by atoms with E-state index in [1.54, 1.807) is 26.3 Å². The van der Waals surface area contributed by atoms with Gasteiger partial charge < -0.3 is 10.1 Å². The maximum absolute atomic E-state index is 12.1. The Balaban J connectivity index is 2.13. The molecule has 2 aromatic rings. The second-order valence-corrected chi connectivity index (χ2v) is 5.35. The molecular formula is C15H16N2O2S. The zero-order chi connectivity index (χ0) is 14.5. The fourth-order valence-corrected chi connectivity index (χ4v) is 2.47. The highest BCUT2D eigenvalue weighted by atomic mass is 32.1. The zero-order valence-corrected chi connectivity index (χ0v) is 12.5. The quantitative estimate of drug-likeness (QED) is 0.677. The number of allylic oxidation sites excluding steroid dienone is 1. The predicted octanol–water partition coefficient (Wildman–Crippen LogP) is 3.40. The van der Waals surface area contributed by atoms with Crippen molar-refractivity contribution in [3.05, 3.63) is 46.5 Å². The summed E-state index contributed by atoms with van der Waals surface area (Å²) in [5, 5.41) is 3.70. The summed E-state index contributed by atoms with van der Waals surface area (Å²) in [7, 11) is 3.42. The van der Waals surface area contributed by atoms with Crippen molar-refractivity contribution in [3.8, 4) is 5.75 Å². The lowest BCUT2D eigenvalue weighted by Crippen LogP contribution is -1.97. The molecule has 0 fully saturated rings. The number of hydrogen-bond donors (Lipinski definition) is 1. The van der Waals surface area contributed by atoms with Gasteiger partial charge in [0.05, 0.1) is 7.11 Å². The molecule has 20 heavy (non-hydrogen) atoms. The van der Waals surface area contributed by atoms with Crippen LogP contribution in [0.1, 0.15) is 20.9 Å². The van der Waals surface area contributed by atoms with Gasteiger partial charge in [-0.3, -0.25) is 4.79 Å². The van der Waals surface area contributed by atoms with E-state index in [4.69, 9.17) is 4.74 Å². The van der Waals surface area contributed by atoms with E-state index >= 15 is 0 Å². The number of aryl methyl sites for hydroxylation is 1. The summed E-state index contributed by atoms with van der Waals surface area (Å²) in [5.74, 6) is 0.707. The molecule has 2 rings (SSSR count). The fraction of sp³-hybridized carbons (Fsp3) is 0.200. The normalized spacial score (nSPS) is 10.8. The lowest BCUT2D eigenvalue weighted by atomic mass is 10.1. The maximum atomic E-state index is 12.1. The highest BCUT2D eigenvalue weighted by Crippen LogP contribution is 2.22. The van der Waals surface area contributed by atoms with E-state index in [1.807, 2.05) is 31.2 Å². The van der Waals surface area contributed by atoms with E-state index in [-0.39, 0.29) is 5.78 Å². The Labute approximate surface area is 122 Å². The van der Waals surface area contributed by atoms with E-state index in [0.717, 1.165) is 21.3 Å². The third-order valence-electron chi connectivity index (χ3n) is 2.79. The first-order chi connectivity index (χ1) is 9.63. The van der Waals surface area contributed by atoms with Gasteiger partial charge in [-0.2, -0.15) is 0 Å². The third-order valence-corrected chi connectivity index (χ3v) is 3.78. The molecule has 1 aromatic carbocycles. The standard InChI is InChI=1S/C15H16N2O2S/c1-10-14(17-15(16-2)20-10)13(18)9-6-11-4-7-12(19-3)8-5-11/h4-9H,1-3H3,(H,16,17)/b9-6+. The van der Waals surface area contributed by atoms with Gasteiger partial charge in [-0.1, -0.05) is 18.2 Å². The van der Waals surface area contributed by atoms with E-state index in [2.05, 4.69) is 10.3 Å². The number of carbonyl (C=O) groups excluding carboxylic acids is 1. The van der Waals surface area contributed by atoms with Crippen molar-refractivity contribution in [2.24, 2.45) is 0 Å². The average Bonchev–Trinajstić information content (AvgIpc) is 2.86. The Morgan fingerprint density at radius 1 is 1.35 bits per heavy atom. The van der Waals surface area contributed by atoms with Crippen LogP contribution < -0.4 is 10.1 Å². The summed E-state index contributed by atoms with van der Waals surface area (Å²) in [6.07, 6.45) is 3.32. The van der Waals surface area contributed by atoms with Crippen LogP contribution in [-0.4, -0.2) is 24.9 Å². The monoisotopic (exact) mass is 288 g/mol. The molecule has 0 unspecified atom stereocenters. The van der Waals surface area contributed by atoms with Gasteiger partial charge in [0, 0.05) is 11.9 Å². The van der Waals surface area contributed by atoms with Crippen LogP contribution in [-0.2, 0) is 0 Å². The summed E-state index contributed by atoms with van der Waals surface area (Å²) >= 11 is 1.48. The van der Waals surface area contributed by atoms with Crippen LogP contribution in [0.5, 0.6) is 5.75 Å². The molecule has 0 aliphatic rings. The molecule has 0 amide bonds. The smallest absolute Gasteiger partial charge is 0.205 e. The van der Waals surface area contributed by atoms with Crippen LogP contribution in [0.15, 0.2) is 30.3 Å². The Morgan fingerprint density at radius 3 is 2.60 bits per heavy atom. The number of benzene rings is 1. The molecule has 0 atom stereocenters. The largest absolute Gasteiger partial charge is 0.497 e. The molecule has 4 nitrogen and oxygen atoms in total. The number of nitrogens with one attached hydrogen (secondary N) is 1. The molecule has 104 valence electrons. The number of anilines is 1. The first-order valence-corrected chi connectivity index (χ1v) is 6.97. The van der Waals surface area contributed by atoms with Gasteiger partial charge in [-0.15, -0.1) is 11.3 Å². The fourth-order valence-electron chi connectivity index (χ4n) is 1.70. The van der Waals surface area contributed by atoms with Gasteiger partial charge in [0.2, 0.25) is 5.78 Å². The van der Waals surface area contributed by atoms with Crippen LogP contribution >= 0.6 is 11.3 Å². The Hall–Kier alpha value is -2.14. The van der Waals surface area contributed by atoms with Crippen LogP contribution in [0.25, 0.3) is 6.08 Å². The van der Waals surface area contributed by atoms with Crippen LogP contribution in [0.2, 0.25) is 0 Å². The van der Waals surface area contributed by atoms with E-state index < -0.39 is 0 Å². The van der Waals surface area contributed by atoms with Crippen molar-refractivity contribution in [2.45, 2.75) is 6.92 Å². The lowest BCUT2D eigenvalue weighted by molar-refractivity contribution is 0.104. The molecule has 0 radical (unpaired) electrons. The van der Waals surface area contributed by atoms with Gasteiger partial charge >= 0.3 is 0 Å². The number of methoxy groups -OCH3 is 1. The topological polar surface area (TPSA) is 51.2 Å². The SMILES string of the molecule is CNc1nc(C(=O)/C=C/c2ccc(OC)cc2)c(C)s1. The number of hydrogen-bond acceptors (Lipinski definition) is 5. The average molecular weight is 288 g/mol. The molecule has 1 aromatic heterocycles. The molecule has 0 saturated carbocycles. The first kappa shape index (κ1) is 14.3. The zero-order valence-electron chi connectivity index (χ0n) is 11.6. The first-order valence-electron chi connectivity index (χ1n) is 6.15. The van der Waals surface area contributed by atoms with Crippen molar-refractivity contribution in [1.29, 1.82) is 0 Å². The molecule has 5 heteroatoms. The molecule has 0 aliphatic heterocycles. The Bertz CT molecular complexity index is 630. The number of carbonyl (C=O) groups is 1. The van der Waals surface area contributed by atoms with Crippen molar-refractivity contribution in [3.63, 3.8) is 0 Å². The minimum absolute atomic E-state index is 0.0870. The molecule has 0 saturated heterocycles. The number of ketones is 1. The molecule has 0 aliphatic carbocycles. The Kier molecular flexibility index (Phi) is 4.53. The summed E-state index contributed by atoms with van der Waals surface area (Å²) < 4.78 is 5.09. The molecule has 1 N–H and O–H groups in total. The van der Waals surface area contributed by atoms with Gasteiger partial charge in [0.1, 0.15) is 11.4 Å². The van der Waals surface area contributed by atoms with Crippen molar-refractivity contribution in [2.75, 3.05) is 19.5 Å². The van der Waals surface area contributed by atoms with Gasteiger partial charge in [-0.25, -0.2) is 4.98 Å². The number of nitrogens with zero attached hydrogens (tertiary/aromatic N) is 1. The summed E-state index contributed by atoms with van der Waals surface area (Å²) in [5.41, 5.74) is 1.45. The molecule has 0 spiro atoms. The van der Waals surface area contributed by atoms with Gasteiger partial charge in [0.15, 0.2) is 5.13 Å². The highest BCUT2D eigenvalue weighted by molar-refractivity contribution is 7.15. The minimum atomic E-state index is -0.0870. The molecule has 1 heterocycles. The van der Waals surface area contributed by atoms with E-state index in [9.17, 15) is 4.79 Å². The number of rotatable bonds is 5. The summed E-state index contributed by atoms with van der Waals surface area (Å²) in [4.78, 5) is 17.3. The van der Waals surface area contributed by atoms with Crippen LogP contribution in [0.3, 0.4) is 0 Å². The number of ether oxygens (including phenoxy) is 1. The lowest BCUT2D eigenvalue weighted by Gasteiger charge is -1.98.